The van der Waals surface area contributed by atoms with E-state index in [0.717, 1.165) is 0 Å². The maximum Gasteiger partial charge on any atom is -0.00156 e. The molecule has 0 amide bonds. The molecule has 1 nitrogen and oxygen atoms in total. The summed E-state index contributed by atoms with van der Waals surface area (Å²) in [6, 6.07) is 10.8. The third kappa shape index (κ3) is 6.48. The quantitative estimate of drug-likeness (QED) is 0.620. The average Bonchev–Trinajstić information content (AvgIpc) is 2.37. The van der Waals surface area contributed by atoms with E-state index in [1.54, 1.807) is 0 Å². The zero-order chi connectivity index (χ0) is 12.3. The number of aryl methyl sites for hydroxylation is 1. The lowest BCUT2D eigenvalue weighted by Crippen LogP contribution is -2.27. The number of rotatable bonds is 9. The predicted octanol–water partition coefficient (Wildman–Crippen LogP) is 4.13. The Morgan fingerprint density at radius 3 is 2.18 bits per heavy atom. The van der Waals surface area contributed by atoms with E-state index in [9.17, 15) is 0 Å². The van der Waals surface area contributed by atoms with Crippen molar-refractivity contribution in [1.29, 1.82) is 0 Å². The highest BCUT2D eigenvalue weighted by atomic mass is 15.1. The molecule has 0 spiro atoms. The highest BCUT2D eigenvalue weighted by Gasteiger charge is 2.02. The minimum absolute atomic E-state index is 1.22. The second-order valence-electron chi connectivity index (χ2n) is 4.78. The van der Waals surface area contributed by atoms with E-state index in [0.29, 0.717) is 0 Å². The van der Waals surface area contributed by atoms with Gasteiger partial charge < -0.3 is 4.90 Å². The molecule has 0 unspecified atom stereocenters. The average molecular weight is 233 g/mol. The highest BCUT2D eigenvalue weighted by molar-refractivity contribution is 5.14. The SMILES string of the molecule is CCCCN(CCC)CCCc1ccccc1. The lowest BCUT2D eigenvalue weighted by Gasteiger charge is -2.21. The van der Waals surface area contributed by atoms with Gasteiger partial charge in [-0.05, 0) is 50.9 Å². The van der Waals surface area contributed by atoms with Gasteiger partial charge in [-0.15, -0.1) is 0 Å². The summed E-state index contributed by atoms with van der Waals surface area (Å²) in [7, 11) is 0. The fraction of sp³-hybridized carbons (Fsp3) is 0.625. The molecule has 0 aliphatic heterocycles. The third-order valence-corrected chi connectivity index (χ3v) is 3.15. The first kappa shape index (κ1) is 14.2. The van der Waals surface area contributed by atoms with Crippen molar-refractivity contribution in [3.63, 3.8) is 0 Å². The molecule has 0 saturated carbocycles. The van der Waals surface area contributed by atoms with Crippen molar-refractivity contribution in [1.82, 2.24) is 4.90 Å². The Morgan fingerprint density at radius 1 is 0.824 bits per heavy atom. The summed E-state index contributed by atoms with van der Waals surface area (Å²) in [5, 5.41) is 0. The van der Waals surface area contributed by atoms with Crippen LogP contribution >= 0.6 is 0 Å². The van der Waals surface area contributed by atoms with Crippen LogP contribution in [0.1, 0.15) is 45.1 Å². The molecule has 0 fully saturated rings. The van der Waals surface area contributed by atoms with Gasteiger partial charge in [0.25, 0.3) is 0 Å². The minimum Gasteiger partial charge on any atom is -0.303 e. The van der Waals surface area contributed by atoms with Crippen LogP contribution < -0.4 is 0 Å². The van der Waals surface area contributed by atoms with E-state index in [2.05, 4.69) is 49.1 Å². The molecule has 0 bridgehead atoms. The third-order valence-electron chi connectivity index (χ3n) is 3.15. The van der Waals surface area contributed by atoms with Crippen LogP contribution in [0.2, 0.25) is 0 Å². The Labute approximate surface area is 107 Å². The van der Waals surface area contributed by atoms with Gasteiger partial charge >= 0.3 is 0 Å². The molecule has 0 saturated heterocycles. The predicted molar refractivity (Wildman–Crippen MR) is 76.4 cm³/mol. The normalized spacial score (nSPS) is 11.0. The van der Waals surface area contributed by atoms with Gasteiger partial charge in [-0.25, -0.2) is 0 Å². The van der Waals surface area contributed by atoms with Crippen molar-refractivity contribution < 1.29 is 0 Å². The van der Waals surface area contributed by atoms with Crippen LogP contribution in [0.3, 0.4) is 0 Å². The topological polar surface area (TPSA) is 3.24 Å². The molecule has 1 aromatic carbocycles. The second-order valence-corrected chi connectivity index (χ2v) is 4.78. The molecule has 0 aromatic heterocycles. The standard InChI is InChI=1S/C16H27N/c1-3-5-14-17(13-4-2)15-9-12-16-10-7-6-8-11-16/h6-8,10-11H,3-5,9,12-15H2,1-2H3. The molecule has 0 heterocycles. The lowest BCUT2D eigenvalue weighted by atomic mass is 10.1. The molecule has 1 aromatic rings. The number of hydrogen-bond acceptors (Lipinski definition) is 1. The summed E-state index contributed by atoms with van der Waals surface area (Å²) in [6.45, 7) is 8.33. The molecule has 1 heteroatoms. The molecule has 96 valence electrons. The lowest BCUT2D eigenvalue weighted by molar-refractivity contribution is 0.267. The summed E-state index contributed by atoms with van der Waals surface area (Å²) in [5.74, 6) is 0. The van der Waals surface area contributed by atoms with Gasteiger partial charge in [-0.3, -0.25) is 0 Å². The fourth-order valence-corrected chi connectivity index (χ4v) is 2.18. The van der Waals surface area contributed by atoms with E-state index in [1.807, 2.05) is 0 Å². The molecule has 0 N–H and O–H groups in total. The van der Waals surface area contributed by atoms with Gasteiger partial charge in [0.2, 0.25) is 0 Å². The Kier molecular flexibility index (Phi) is 7.74. The van der Waals surface area contributed by atoms with Crippen LogP contribution in [-0.4, -0.2) is 24.5 Å². The fourth-order valence-electron chi connectivity index (χ4n) is 2.18. The second kappa shape index (κ2) is 9.23. The first-order valence-electron chi connectivity index (χ1n) is 7.13. The molecule has 0 aliphatic carbocycles. The van der Waals surface area contributed by atoms with Crippen LogP contribution in [0.4, 0.5) is 0 Å². The van der Waals surface area contributed by atoms with E-state index in [-0.39, 0.29) is 0 Å². The monoisotopic (exact) mass is 233 g/mol. The van der Waals surface area contributed by atoms with Gasteiger partial charge in [-0.1, -0.05) is 50.6 Å². The van der Waals surface area contributed by atoms with Gasteiger partial charge in [0.15, 0.2) is 0 Å². The van der Waals surface area contributed by atoms with Gasteiger partial charge in [0.05, 0.1) is 0 Å². The molecule has 0 radical (unpaired) electrons. The number of benzene rings is 1. The Balaban J connectivity index is 2.22. The van der Waals surface area contributed by atoms with Crippen molar-refractivity contribution in [3.05, 3.63) is 35.9 Å². The Morgan fingerprint density at radius 2 is 1.53 bits per heavy atom. The number of nitrogens with zero attached hydrogens (tertiary/aromatic N) is 1. The molecule has 0 atom stereocenters. The summed E-state index contributed by atoms with van der Waals surface area (Å²) in [4.78, 5) is 2.62. The largest absolute Gasteiger partial charge is 0.303 e. The minimum atomic E-state index is 1.22. The van der Waals surface area contributed by atoms with Crippen LogP contribution in [0.5, 0.6) is 0 Å². The Hall–Kier alpha value is -0.820. The first-order valence-corrected chi connectivity index (χ1v) is 7.13. The summed E-state index contributed by atoms with van der Waals surface area (Å²) < 4.78 is 0. The zero-order valence-electron chi connectivity index (χ0n) is 11.5. The van der Waals surface area contributed by atoms with Crippen LogP contribution in [-0.2, 0) is 6.42 Å². The highest BCUT2D eigenvalue weighted by Crippen LogP contribution is 2.05. The molecule has 1 rings (SSSR count). The van der Waals surface area contributed by atoms with Crippen LogP contribution in [0, 0.1) is 0 Å². The van der Waals surface area contributed by atoms with Crippen LogP contribution in [0.15, 0.2) is 30.3 Å². The van der Waals surface area contributed by atoms with E-state index >= 15 is 0 Å². The maximum absolute atomic E-state index is 2.62. The summed E-state index contributed by atoms with van der Waals surface area (Å²) in [6.07, 6.45) is 6.42. The molecule has 0 aliphatic rings. The van der Waals surface area contributed by atoms with E-state index in [4.69, 9.17) is 0 Å². The van der Waals surface area contributed by atoms with E-state index in [1.165, 1.54) is 57.3 Å². The zero-order valence-corrected chi connectivity index (χ0v) is 11.5. The summed E-state index contributed by atoms with van der Waals surface area (Å²) in [5.41, 5.74) is 1.47. The molecular formula is C16H27N. The maximum atomic E-state index is 2.62. The van der Waals surface area contributed by atoms with Crippen molar-refractivity contribution in [2.45, 2.75) is 46.0 Å². The summed E-state index contributed by atoms with van der Waals surface area (Å²) >= 11 is 0. The van der Waals surface area contributed by atoms with Crippen molar-refractivity contribution in [3.8, 4) is 0 Å². The number of unbranched alkanes of at least 4 members (excludes halogenated alkanes) is 1. The van der Waals surface area contributed by atoms with Gasteiger partial charge in [0.1, 0.15) is 0 Å². The smallest absolute Gasteiger partial charge is 0.00156 e. The van der Waals surface area contributed by atoms with Crippen molar-refractivity contribution in [2.24, 2.45) is 0 Å². The molecular weight excluding hydrogens is 206 g/mol. The molecule has 17 heavy (non-hydrogen) atoms. The van der Waals surface area contributed by atoms with Crippen molar-refractivity contribution in [2.75, 3.05) is 19.6 Å². The first-order chi connectivity index (χ1) is 8.36. The van der Waals surface area contributed by atoms with E-state index < -0.39 is 0 Å². The van der Waals surface area contributed by atoms with Crippen LogP contribution in [0.25, 0.3) is 0 Å². The number of hydrogen-bond donors (Lipinski definition) is 0. The Bertz CT molecular complexity index is 268. The van der Waals surface area contributed by atoms with Crippen molar-refractivity contribution >= 4 is 0 Å². The van der Waals surface area contributed by atoms with Gasteiger partial charge in [0, 0.05) is 0 Å². The van der Waals surface area contributed by atoms with Gasteiger partial charge in [-0.2, -0.15) is 0 Å².